The van der Waals surface area contributed by atoms with Gasteiger partial charge in [0.2, 0.25) is 0 Å². The molecule has 0 bridgehead atoms. The third-order valence-corrected chi connectivity index (χ3v) is 6.64. The SMILES string of the molecule is COc1cc2c(cc1OC)C(O)C(CC1CCN(Cc3ccccc3)CC1)C2=O.O=C(O)C(F)(F)F. The van der Waals surface area contributed by atoms with E-state index in [9.17, 15) is 23.1 Å². The number of carboxylic acids is 1. The highest BCUT2D eigenvalue weighted by Crippen LogP contribution is 2.45. The fourth-order valence-corrected chi connectivity index (χ4v) is 4.73. The van der Waals surface area contributed by atoms with Crippen LogP contribution in [0.2, 0.25) is 0 Å². The lowest BCUT2D eigenvalue weighted by atomic mass is 9.84. The Hall–Kier alpha value is -3.11. The van der Waals surface area contributed by atoms with Crippen molar-refractivity contribution in [3.05, 3.63) is 59.2 Å². The number of benzene rings is 2. The zero-order valence-corrected chi connectivity index (χ0v) is 20.1. The molecule has 1 heterocycles. The second-order valence-electron chi connectivity index (χ2n) is 8.95. The van der Waals surface area contributed by atoms with Gasteiger partial charge in [0.25, 0.3) is 0 Å². The first-order chi connectivity index (χ1) is 17.0. The number of halogens is 3. The summed E-state index contributed by atoms with van der Waals surface area (Å²) in [5, 5.41) is 18.0. The lowest BCUT2D eigenvalue weighted by Crippen LogP contribution is -2.34. The molecule has 4 rings (SSSR count). The molecule has 10 heteroatoms. The van der Waals surface area contributed by atoms with Gasteiger partial charge in [-0.3, -0.25) is 9.69 Å². The normalized spacial score (nSPS) is 20.3. The Kier molecular flexibility index (Phi) is 8.97. The first-order valence-electron chi connectivity index (χ1n) is 11.6. The van der Waals surface area contributed by atoms with Gasteiger partial charge < -0.3 is 19.7 Å². The van der Waals surface area contributed by atoms with Crippen molar-refractivity contribution in [2.45, 2.75) is 38.1 Å². The van der Waals surface area contributed by atoms with Crippen molar-refractivity contribution in [3.8, 4) is 11.5 Å². The van der Waals surface area contributed by atoms with E-state index in [4.69, 9.17) is 19.4 Å². The number of carbonyl (C=O) groups excluding carboxylic acids is 1. The molecule has 1 saturated heterocycles. The molecule has 196 valence electrons. The lowest BCUT2D eigenvalue weighted by Gasteiger charge is -2.33. The summed E-state index contributed by atoms with van der Waals surface area (Å²) in [7, 11) is 3.12. The van der Waals surface area contributed by atoms with Crippen molar-refractivity contribution in [2.24, 2.45) is 11.8 Å². The van der Waals surface area contributed by atoms with E-state index in [1.54, 1.807) is 26.4 Å². The van der Waals surface area contributed by atoms with Crippen LogP contribution in [0.3, 0.4) is 0 Å². The summed E-state index contributed by atoms with van der Waals surface area (Å²) in [5.41, 5.74) is 2.58. The Balaban J connectivity index is 0.000000454. The van der Waals surface area contributed by atoms with Gasteiger partial charge in [-0.15, -0.1) is 0 Å². The molecular weight excluding hydrogens is 479 g/mol. The van der Waals surface area contributed by atoms with Crippen LogP contribution in [0.4, 0.5) is 13.2 Å². The predicted molar refractivity (Wildman–Crippen MR) is 125 cm³/mol. The molecule has 2 aliphatic rings. The van der Waals surface area contributed by atoms with Gasteiger partial charge in [-0.1, -0.05) is 30.3 Å². The van der Waals surface area contributed by atoms with Crippen LogP contribution in [0, 0.1) is 11.8 Å². The van der Waals surface area contributed by atoms with Crippen LogP contribution in [0.1, 0.15) is 46.9 Å². The van der Waals surface area contributed by atoms with Gasteiger partial charge in [0, 0.05) is 12.1 Å². The number of alkyl halides is 3. The van der Waals surface area contributed by atoms with Gasteiger partial charge in [0.05, 0.1) is 26.2 Å². The van der Waals surface area contributed by atoms with Crippen molar-refractivity contribution in [1.82, 2.24) is 4.90 Å². The van der Waals surface area contributed by atoms with Crippen LogP contribution in [0.25, 0.3) is 0 Å². The van der Waals surface area contributed by atoms with Crippen LogP contribution >= 0.6 is 0 Å². The quantitative estimate of drug-likeness (QED) is 0.593. The van der Waals surface area contributed by atoms with E-state index in [0.717, 1.165) is 38.9 Å². The molecule has 2 aromatic rings. The van der Waals surface area contributed by atoms with E-state index in [0.29, 0.717) is 28.5 Å². The zero-order valence-electron chi connectivity index (χ0n) is 20.1. The van der Waals surface area contributed by atoms with Gasteiger partial charge in [0.15, 0.2) is 17.3 Å². The minimum Gasteiger partial charge on any atom is -0.493 e. The Morgan fingerprint density at radius 1 is 1.06 bits per heavy atom. The number of rotatable bonds is 6. The molecule has 36 heavy (non-hydrogen) atoms. The molecule has 0 amide bonds. The maximum absolute atomic E-state index is 13.0. The molecule has 2 unspecified atom stereocenters. The van der Waals surface area contributed by atoms with Gasteiger partial charge in [-0.2, -0.15) is 13.2 Å². The Labute approximate surface area is 207 Å². The molecule has 2 aromatic carbocycles. The number of aliphatic hydroxyl groups is 1. The summed E-state index contributed by atoms with van der Waals surface area (Å²) in [6.45, 7) is 3.04. The third-order valence-electron chi connectivity index (χ3n) is 6.64. The summed E-state index contributed by atoms with van der Waals surface area (Å²) in [4.78, 5) is 24.4. The largest absolute Gasteiger partial charge is 0.493 e. The molecule has 0 spiro atoms. The van der Waals surface area contributed by atoms with Crippen LogP contribution in [-0.2, 0) is 11.3 Å². The first-order valence-corrected chi connectivity index (χ1v) is 11.6. The fraction of sp³-hybridized carbons (Fsp3) is 0.462. The monoisotopic (exact) mass is 509 g/mol. The number of piperidine rings is 1. The molecule has 7 nitrogen and oxygen atoms in total. The molecule has 1 fully saturated rings. The van der Waals surface area contributed by atoms with Gasteiger partial charge in [0.1, 0.15) is 0 Å². The smallest absolute Gasteiger partial charge is 0.490 e. The van der Waals surface area contributed by atoms with E-state index in [2.05, 4.69) is 29.2 Å². The Morgan fingerprint density at radius 2 is 1.61 bits per heavy atom. The summed E-state index contributed by atoms with van der Waals surface area (Å²) in [5.74, 6) is -1.56. The molecule has 0 saturated carbocycles. The highest BCUT2D eigenvalue weighted by Gasteiger charge is 2.41. The number of ketones is 1. The molecule has 2 N–H and O–H groups in total. The second kappa shape index (κ2) is 11.7. The maximum Gasteiger partial charge on any atom is 0.490 e. The number of carboxylic acid groups (broad SMARTS) is 1. The predicted octanol–water partition coefficient (Wildman–Crippen LogP) is 4.49. The van der Waals surface area contributed by atoms with Crippen LogP contribution in [0.15, 0.2) is 42.5 Å². The maximum atomic E-state index is 13.0. The van der Waals surface area contributed by atoms with E-state index < -0.39 is 18.2 Å². The van der Waals surface area contributed by atoms with Crippen molar-refractivity contribution in [3.63, 3.8) is 0 Å². The average molecular weight is 510 g/mol. The topological polar surface area (TPSA) is 96.3 Å². The summed E-state index contributed by atoms with van der Waals surface area (Å²) in [6, 6.07) is 14.0. The molecule has 0 radical (unpaired) electrons. The standard InChI is InChI=1S/C24H29NO4.C2HF3O2/c1-28-21-13-18-19(14-22(21)29-2)24(27)20(23(18)26)12-16-8-10-25(11-9-16)15-17-6-4-3-5-7-17;3-2(4,5)1(6)7/h3-7,13-14,16,20,23,26H,8-12,15H2,1-2H3;(H,6,7). The number of Topliss-reactive ketones (excluding diaryl/α,β-unsaturated/α-hetero) is 1. The average Bonchev–Trinajstić information content (AvgIpc) is 3.08. The molecule has 2 atom stereocenters. The zero-order chi connectivity index (χ0) is 26.5. The highest BCUT2D eigenvalue weighted by atomic mass is 19.4. The number of nitrogens with zero attached hydrogens (tertiary/aromatic N) is 1. The number of methoxy groups -OCH3 is 2. The molecule has 1 aliphatic carbocycles. The van der Waals surface area contributed by atoms with Gasteiger partial charge >= 0.3 is 12.1 Å². The number of likely N-dealkylation sites (tertiary alicyclic amines) is 1. The molecule has 0 aromatic heterocycles. The van der Waals surface area contributed by atoms with Crippen molar-refractivity contribution >= 4 is 11.8 Å². The van der Waals surface area contributed by atoms with Crippen LogP contribution in [-0.4, -0.2) is 60.4 Å². The van der Waals surface area contributed by atoms with Crippen molar-refractivity contribution < 1.29 is 42.4 Å². The van der Waals surface area contributed by atoms with Crippen LogP contribution in [0.5, 0.6) is 11.5 Å². The summed E-state index contributed by atoms with van der Waals surface area (Å²) >= 11 is 0. The number of hydrogen-bond acceptors (Lipinski definition) is 6. The number of aliphatic carboxylic acids is 1. The lowest BCUT2D eigenvalue weighted by molar-refractivity contribution is -0.192. The summed E-state index contributed by atoms with van der Waals surface area (Å²) < 4.78 is 42.4. The second-order valence-corrected chi connectivity index (χ2v) is 8.95. The molecule has 1 aliphatic heterocycles. The summed E-state index contributed by atoms with van der Waals surface area (Å²) in [6.07, 6.45) is -2.99. The number of ether oxygens (including phenoxy) is 2. The first kappa shape index (κ1) is 27.5. The van der Waals surface area contributed by atoms with E-state index in [1.807, 2.05) is 6.07 Å². The van der Waals surface area contributed by atoms with Gasteiger partial charge in [-0.25, -0.2) is 4.79 Å². The minimum atomic E-state index is -5.08. The van der Waals surface area contributed by atoms with Crippen molar-refractivity contribution in [2.75, 3.05) is 27.3 Å². The number of aliphatic hydroxyl groups excluding tert-OH is 1. The van der Waals surface area contributed by atoms with Crippen molar-refractivity contribution in [1.29, 1.82) is 0 Å². The Morgan fingerprint density at radius 3 is 2.14 bits per heavy atom. The third kappa shape index (κ3) is 6.55. The minimum absolute atomic E-state index is 0.0279. The molecular formula is C26H30F3NO6. The fourth-order valence-electron chi connectivity index (χ4n) is 4.73. The highest BCUT2D eigenvalue weighted by molar-refractivity contribution is 6.03. The van der Waals surface area contributed by atoms with Gasteiger partial charge in [-0.05, 0) is 61.5 Å². The number of hydrogen-bond donors (Lipinski definition) is 2. The Bertz CT molecular complexity index is 1050. The van der Waals surface area contributed by atoms with E-state index in [1.165, 1.54) is 5.56 Å². The number of fused-ring (bicyclic) bond motifs is 1. The number of carbonyl (C=O) groups is 2. The van der Waals surface area contributed by atoms with E-state index >= 15 is 0 Å². The van der Waals surface area contributed by atoms with E-state index in [-0.39, 0.29) is 11.7 Å². The van der Waals surface area contributed by atoms with Crippen LogP contribution < -0.4 is 9.47 Å².